The minimum atomic E-state index is -0.232. The first kappa shape index (κ1) is 16.7. The molecule has 0 aromatic heterocycles. The Kier molecular flexibility index (Phi) is 6.37. The Morgan fingerprint density at radius 3 is 2.57 bits per heavy atom. The summed E-state index contributed by atoms with van der Waals surface area (Å²) >= 11 is 0. The third kappa shape index (κ3) is 6.54. The van der Waals surface area contributed by atoms with Crippen molar-refractivity contribution >= 4 is 17.5 Å². The van der Waals surface area contributed by atoms with Crippen molar-refractivity contribution in [3.63, 3.8) is 0 Å². The van der Waals surface area contributed by atoms with Crippen LogP contribution in [-0.2, 0) is 9.59 Å². The van der Waals surface area contributed by atoms with E-state index in [1.165, 1.54) is 0 Å². The van der Waals surface area contributed by atoms with Crippen molar-refractivity contribution in [2.24, 2.45) is 0 Å². The van der Waals surface area contributed by atoms with Crippen molar-refractivity contribution in [1.82, 2.24) is 10.2 Å². The second-order valence-electron chi connectivity index (χ2n) is 5.14. The number of nitrogens with one attached hydrogen (secondary N) is 2. The number of anilines is 1. The molecular weight excluding hydrogens is 268 g/mol. The Morgan fingerprint density at radius 2 is 1.95 bits per heavy atom. The van der Waals surface area contributed by atoms with Crippen LogP contribution in [0.3, 0.4) is 0 Å². The van der Waals surface area contributed by atoms with Gasteiger partial charge in [-0.1, -0.05) is 6.07 Å². The van der Waals surface area contributed by atoms with Gasteiger partial charge in [0.1, 0.15) is 0 Å². The molecule has 0 radical (unpaired) electrons. The molecule has 1 aromatic carbocycles. The summed E-state index contributed by atoms with van der Waals surface area (Å²) < 4.78 is 0. The summed E-state index contributed by atoms with van der Waals surface area (Å²) in [6, 6.07) is 8.77. The number of carbonyl (C=O) groups excluding carboxylic acids is 2. The predicted octanol–water partition coefficient (Wildman–Crippen LogP) is 0.953. The predicted molar refractivity (Wildman–Crippen MR) is 80.6 cm³/mol. The summed E-state index contributed by atoms with van der Waals surface area (Å²) in [5.41, 5.74) is 1.05. The molecule has 0 heterocycles. The lowest BCUT2D eigenvalue weighted by Gasteiger charge is -2.17. The maximum absolute atomic E-state index is 11.9. The first-order valence-electron chi connectivity index (χ1n) is 6.68. The zero-order chi connectivity index (χ0) is 15.8. The van der Waals surface area contributed by atoms with Crippen LogP contribution in [0.15, 0.2) is 24.3 Å². The van der Waals surface area contributed by atoms with Crippen LogP contribution in [0.5, 0.6) is 0 Å². The van der Waals surface area contributed by atoms with Crippen molar-refractivity contribution in [3.05, 3.63) is 29.8 Å². The van der Waals surface area contributed by atoms with Gasteiger partial charge < -0.3 is 10.6 Å². The fourth-order valence-corrected chi connectivity index (χ4v) is 1.78. The van der Waals surface area contributed by atoms with Crippen LogP contribution in [0, 0.1) is 11.3 Å². The van der Waals surface area contributed by atoms with E-state index < -0.39 is 0 Å². The average Bonchev–Trinajstić information content (AvgIpc) is 2.37. The highest BCUT2D eigenvalue weighted by Gasteiger charge is 2.11. The summed E-state index contributed by atoms with van der Waals surface area (Å²) in [4.78, 5) is 25.1. The molecule has 2 N–H and O–H groups in total. The number of hydrogen-bond donors (Lipinski definition) is 2. The second kappa shape index (κ2) is 8.02. The highest BCUT2D eigenvalue weighted by molar-refractivity contribution is 5.92. The van der Waals surface area contributed by atoms with Gasteiger partial charge in [-0.2, -0.15) is 5.26 Å². The number of rotatable bonds is 6. The normalized spacial score (nSPS) is 10.3. The van der Waals surface area contributed by atoms with Gasteiger partial charge in [-0.05, 0) is 39.1 Å². The van der Waals surface area contributed by atoms with Crippen molar-refractivity contribution in [2.45, 2.75) is 19.9 Å². The van der Waals surface area contributed by atoms with Gasteiger partial charge in [0.15, 0.2) is 0 Å². The minimum absolute atomic E-state index is 0.0773. The smallest absolute Gasteiger partial charge is 0.238 e. The lowest BCUT2D eigenvalue weighted by molar-refractivity contribution is -0.123. The molecule has 0 bridgehead atoms. The van der Waals surface area contributed by atoms with E-state index in [1.54, 1.807) is 36.2 Å². The highest BCUT2D eigenvalue weighted by atomic mass is 16.2. The van der Waals surface area contributed by atoms with Gasteiger partial charge in [-0.3, -0.25) is 14.5 Å². The van der Waals surface area contributed by atoms with E-state index >= 15 is 0 Å². The second-order valence-corrected chi connectivity index (χ2v) is 5.14. The van der Waals surface area contributed by atoms with Gasteiger partial charge >= 0.3 is 0 Å². The zero-order valence-corrected chi connectivity index (χ0v) is 12.5. The van der Waals surface area contributed by atoms with Gasteiger partial charge in [-0.25, -0.2) is 0 Å². The Labute approximate surface area is 124 Å². The summed E-state index contributed by atoms with van der Waals surface area (Å²) in [7, 11) is 1.70. The fraction of sp³-hybridized carbons (Fsp3) is 0.400. The molecule has 6 heteroatoms. The van der Waals surface area contributed by atoms with E-state index in [4.69, 9.17) is 5.26 Å². The third-order valence-corrected chi connectivity index (χ3v) is 2.55. The number of nitriles is 1. The number of likely N-dealkylation sites (N-methyl/N-ethyl adjacent to an activating group) is 1. The average molecular weight is 288 g/mol. The van der Waals surface area contributed by atoms with E-state index in [-0.39, 0.29) is 30.9 Å². The molecule has 112 valence electrons. The van der Waals surface area contributed by atoms with Gasteiger partial charge in [0, 0.05) is 11.7 Å². The van der Waals surface area contributed by atoms with Crippen LogP contribution in [0.2, 0.25) is 0 Å². The maximum Gasteiger partial charge on any atom is 0.238 e. The van der Waals surface area contributed by atoms with Crippen molar-refractivity contribution < 1.29 is 9.59 Å². The summed E-state index contributed by atoms with van der Waals surface area (Å²) in [5.74, 6) is -0.350. The lowest BCUT2D eigenvalue weighted by Crippen LogP contribution is -2.41. The monoisotopic (exact) mass is 288 g/mol. The topological polar surface area (TPSA) is 85.2 Å². The van der Waals surface area contributed by atoms with E-state index in [0.717, 1.165) is 0 Å². The van der Waals surface area contributed by atoms with Crippen LogP contribution in [0.1, 0.15) is 19.4 Å². The number of benzene rings is 1. The molecule has 1 rings (SSSR count). The van der Waals surface area contributed by atoms with Crippen LogP contribution in [-0.4, -0.2) is 42.9 Å². The zero-order valence-electron chi connectivity index (χ0n) is 12.5. The molecule has 0 aliphatic carbocycles. The van der Waals surface area contributed by atoms with E-state index in [0.29, 0.717) is 11.3 Å². The molecule has 6 nitrogen and oxygen atoms in total. The van der Waals surface area contributed by atoms with E-state index in [1.807, 2.05) is 19.9 Å². The fourth-order valence-electron chi connectivity index (χ4n) is 1.78. The van der Waals surface area contributed by atoms with Gasteiger partial charge in [0.05, 0.1) is 24.7 Å². The van der Waals surface area contributed by atoms with E-state index in [2.05, 4.69) is 10.6 Å². The highest BCUT2D eigenvalue weighted by Crippen LogP contribution is 2.09. The SMILES string of the molecule is CC(C)NC(=O)CN(C)CC(=O)Nc1cccc(C#N)c1. The number of carbonyl (C=O) groups is 2. The molecule has 0 spiro atoms. The summed E-state index contributed by atoms with van der Waals surface area (Å²) in [5, 5.41) is 14.3. The number of hydrogen-bond acceptors (Lipinski definition) is 4. The molecule has 0 fully saturated rings. The Hall–Kier alpha value is -2.39. The van der Waals surface area contributed by atoms with Crippen molar-refractivity contribution in [2.75, 3.05) is 25.5 Å². The molecule has 2 amide bonds. The standard InChI is InChI=1S/C15H20N4O2/c1-11(2)17-14(20)9-19(3)10-15(21)18-13-6-4-5-12(7-13)8-16/h4-7,11H,9-10H2,1-3H3,(H,17,20)(H,18,21). The molecule has 0 saturated carbocycles. The Morgan fingerprint density at radius 1 is 1.29 bits per heavy atom. The van der Waals surface area contributed by atoms with Gasteiger partial charge in [0.25, 0.3) is 0 Å². The Bertz CT molecular complexity index is 549. The molecule has 1 aromatic rings. The van der Waals surface area contributed by atoms with Crippen LogP contribution in [0.25, 0.3) is 0 Å². The Balaban J connectivity index is 2.46. The first-order chi connectivity index (χ1) is 9.90. The maximum atomic E-state index is 11.9. The van der Waals surface area contributed by atoms with Gasteiger partial charge in [0.2, 0.25) is 11.8 Å². The molecule has 0 aliphatic heterocycles. The summed E-state index contributed by atoms with van der Waals surface area (Å²) in [6.45, 7) is 4.02. The van der Waals surface area contributed by atoms with Crippen LogP contribution < -0.4 is 10.6 Å². The van der Waals surface area contributed by atoms with Crippen molar-refractivity contribution in [3.8, 4) is 6.07 Å². The largest absolute Gasteiger partial charge is 0.353 e. The van der Waals surface area contributed by atoms with Crippen molar-refractivity contribution in [1.29, 1.82) is 5.26 Å². The molecule has 0 aliphatic rings. The minimum Gasteiger partial charge on any atom is -0.353 e. The molecule has 0 atom stereocenters. The molecule has 21 heavy (non-hydrogen) atoms. The number of amides is 2. The molecule has 0 saturated heterocycles. The summed E-state index contributed by atoms with van der Waals surface area (Å²) in [6.07, 6.45) is 0. The van der Waals surface area contributed by atoms with E-state index in [9.17, 15) is 9.59 Å². The lowest BCUT2D eigenvalue weighted by atomic mass is 10.2. The molecular formula is C15H20N4O2. The molecule has 0 unspecified atom stereocenters. The van der Waals surface area contributed by atoms with Crippen LogP contribution >= 0.6 is 0 Å². The van der Waals surface area contributed by atoms with Gasteiger partial charge in [-0.15, -0.1) is 0 Å². The van der Waals surface area contributed by atoms with Crippen LogP contribution in [0.4, 0.5) is 5.69 Å². The number of nitrogens with zero attached hydrogens (tertiary/aromatic N) is 2. The first-order valence-corrected chi connectivity index (χ1v) is 6.68. The third-order valence-electron chi connectivity index (χ3n) is 2.55. The quantitative estimate of drug-likeness (QED) is 0.816.